The Bertz CT molecular complexity index is 1210. The van der Waals surface area contributed by atoms with Crippen molar-refractivity contribution in [3.05, 3.63) is 59.2 Å². The van der Waals surface area contributed by atoms with E-state index in [4.69, 9.17) is 5.26 Å². The molecule has 1 heterocycles. The molecule has 0 N–H and O–H groups in total. The van der Waals surface area contributed by atoms with Crippen molar-refractivity contribution in [3.63, 3.8) is 0 Å². The van der Waals surface area contributed by atoms with E-state index in [1.54, 1.807) is 18.2 Å². The van der Waals surface area contributed by atoms with E-state index in [1.165, 1.54) is 32.4 Å². The predicted molar refractivity (Wildman–Crippen MR) is 112 cm³/mol. The first-order valence-electron chi connectivity index (χ1n) is 9.95. The molecule has 0 radical (unpaired) electrons. The minimum Gasteiger partial charge on any atom is -0.207 e. The van der Waals surface area contributed by atoms with Gasteiger partial charge in [-0.15, -0.1) is 0 Å². The van der Waals surface area contributed by atoms with Crippen LogP contribution in [0.25, 0.3) is 0 Å². The van der Waals surface area contributed by atoms with Gasteiger partial charge in [0.25, 0.3) is 0 Å². The van der Waals surface area contributed by atoms with Gasteiger partial charge < -0.3 is 0 Å². The Balaban J connectivity index is 1.50. The number of benzene rings is 2. The van der Waals surface area contributed by atoms with Crippen LogP contribution in [0, 0.1) is 11.3 Å². The summed E-state index contributed by atoms with van der Waals surface area (Å²) >= 11 is 0. The van der Waals surface area contributed by atoms with E-state index in [0.29, 0.717) is 0 Å². The number of rotatable bonds is 4. The van der Waals surface area contributed by atoms with Gasteiger partial charge >= 0.3 is 0 Å². The lowest BCUT2D eigenvalue weighted by atomic mass is 9.92. The molecule has 2 aromatic rings. The molecule has 0 atom stereocenters. The molecule has 158 valence electrons. The molecule has 1 saturated heterocycles. The van der Waals surface area contributed by atoms with Gasteiger partial charge in [0.15, 0.2) is 0 Å². The molecule has 1 aliphatic heterocycles. The number of nitriles is 1. The van der Waals surface area contributed by atoms with Crippen LogP contribution in [0.15, 0.2) is 52.3 Å². The molecule has 2 aromatic carbocycles. The molecule has 7 nitrogen and oxygen atoms in total. The molecule has 4 rings (SSSR count). The highest BCUT2D eigenvalue weighted by molar-refractivity contribution is 7.89. The van der Waals surface area contributed by atoms with Crippen molar-refractivity contribution >= 4 is 20.0 Å². The molecule has 30 heavy (non-hydrogen) atoms. The summed E-state index contributed by atoms with van der Waals surface area (Å²) in [7, 11) is -7.45. The second-order valence-electron chi connectivity index (χ2n) is 7.59. The first kappa shape index (κ1) is 21.0. The molecule has 0 saturated carbocycles. The first-order valence-corrected chi connectivity index (χ1v) is 12.8. The van der Waals surface area contributed by atoms with Crippen molar-refractivity contribution < 1.29 is 16.8 Å². The van der Waals surface area contributed by atoms with Gasteiger partial charge in [-0.1, -0.05) is 12.1 Å². The van der Waals surface area contributed by atoms with E-state index >= 15 is 0 Å². The van der Waals surface area contributed by atoms with E-state index in [-0.39, 0.29) is 41.5 Å². The molecule has 1 aliphatic carbocycles. The zero-order chi connectivity index (χ0) is 21.4. The quantitative estimate of drug-likeness (QED) is 0.718. The largest absolute Gasteiger partial charge is 0.243 e. The molecule has 2 aliphatic rings. The lowest BCUT2D eigenvalue weighted by Gasteiger charge is -2.33. The summed E-state index contributed by atoms with van der Waals surface area (Å²) in [4.78, 5) is 0.328. The zero-order valence-electron chi connectivity index (χ0n) is 16.5. The summed E-state index contributed by atoms with van der Waals surface area (Å²) in [5, 5.41) is 9.01. The molecular weight excluding hydrogens is 422 g/mol. The number of fused-ring (bicyclic) bond motifs is 1. The zero-order valence-corrected chi connectivity index (χ0v) is 18.1. The fourth-order valence-corrected chi connectivity index (χ4v) is 6.99. The van der Waals surface area contributed by atoms with Crippen LogP contribution < -0.4 is 0 Å². The van der Waals surface area contributed by atoms with E-state index in [1.807, 2.05) is 12.1 Å². The average Bonchev–Trinajstić information content (AvgIpc) is 2.78. The van der Waals surface area contributed by atoms with Crippen LogP contribution in [0.4, 0.5) is 0 Å². The summed E-state index contributed by atoms with van der Waals surface area (Å²) in [5.74, 6) is 0. The highest BCUT2D eigenvalue weighted by atomic mass is 32.2. The highest BCUT2D eigenvalue weighted by Crippen LogP contribution is 2.27. The van der Waals surface area contributed by atoms with Crippen LogP contribution in [0.1, 0.15) is 29.5 Å². The first-order chi connectivity index (χ1) is 14.3. The summed E-state index contributed by atoms with van der Waals surface area (Å²) in [6.45, 7) is 0.333. The number of aryl methyl sites for hydroxylation is 2. The highest BCUT2D eigenvalue weighted by Gasteiger charge is 2.34. The summed E-state index contributed by atoms with van der Waals surface area (Å²) in [5.41, 5.74) is 2.58. The van der Waals surface area contributed by atoms with E-state index < -0.39 is 20.0 Å². The number of sulfonamides is 2. The second kappa shape index (κ2) is 8.12. The van der Waals surface area contributed by atoms with Crippen molar-refractivity contribution in [3.8, 4) is 6.07 Å². The van der Waals surface area contributed by atoms with Crippen LogP contribution >= 0.6 is 0 Å². The van der Waals surface area contributed by atoms with Gasteiger partial charge in [0.1, 0.15) is 0 Å². The molecule has 0 amide bonds. The van der Waals surface area contributed by atoms with Crippen LogP contribution in [0.3, 0.4) is 0 Å². The number of hydrogen-bond donors (Lipinski definition) is 0. The van der Waals surface area contributed by atoms with Crippen molar-refractivity contribution in [2.24, 2.45) is 0 Å². The van der Waals surface area contributed by atoms with Gasteiger partial charge in [-0.25, -0.2) is 16.8 Å². The molecule has 0 bridgehead atoms. The van der Waals surface area contributed by atoms with Crippen LogP contribution in [0.2, 0.25) is 0 Å². The van der Waals surface area contributed by atoms with Crippen LogP contribution in [-0.2, 0) is 32.9 Å². The Kier molecular flexibility index (Phi) is 5.68. The van der Waals surface area contributed by atoms with E-state index in [0.717, 1.165) is 31.2 Å². The van der Waals surface area contributed by atoms with Gasteiger partial charge in [0, 0.05) is 26.2 Å². The Labute approximate surface area is 177 Å². The van der Waals surface area contributed by atoms with Gasteiger partial charge in [-0.05, 0) is 67.1 Å². The van der Waals surface area contributed by atoms with Crippen LogP contribution in [-0.4, -0.2) is 51.6 Å². The molecule has 9 heteroatoms. The van der Waals surface area contributed by atoms with Gasteiger partial charge in [-0.3, -0.25) is 0 Å². The SMILES string of the molecule is N#Cc1cccc(S(=O)(=O)N2CCN(S(=O)(=O)c3ccc4c(c3)CCCC4)CC2)c1. The van der Waals surface area contributed by atoms with Crippen molar-refractivity contribution in [2.45, 2.75) is 35.5 Å². The lowest BCUT2D eigenvalue weighted by Crippen LogP contribution is -2.50. The predicted octanol–water partition coefficient (Wildman–Crippen LogP) is 2.13. The third kappa shape index (κ3) is 3.88. The fourth-order valence-electron chi connectivity index (χ4n) is 4.04. The smallest absolute Gasteiger partial charge is 0.207 e. The Morgan fingerprint density at radius 1 is 0.733 bits per heavy atom. The van der Waals surface area contributed by atoms with Gasteiger partial charge in [0.05, 0.1) is 21.4 Å². The fraction of sp³-hybridized carbons (Fsp3) is 0.381. The van der Waals surface area contributed by atoms with Crippen LogP contribution in [0.5, 0.6) is 0 Å². The number of hydrogen-bond acceptors (Lipinski definition) is 5. The summed E-state index contributed by atoms with van der Waals surface area (Å²) < 4.78 is 54.6. The summed E-state index contributed by atoms with van der Waals surface area (Å²) in [6, 6.07) is 13.1. The second-order valence-corrected chi connectivity index (χ2v) is 11.5. The van der Waals surface area contributed by atoms with Gasteiger partial charge in [-0.2, -0.15) is 13.9 Å². The summed E-state index contributed by atoms with van der Waals surface area (Å²) in [6.07, 6.45) is 4.08. The van der Waals surface area contributed by atoms with Crippen molar-refractivity contribution in [2.75, 3.05) is 26.2 Å². The number of piperazine rings is 1. The molecule has 1 fully saturated rings. The maximum Gasteiger partial charge on any atom is 0.243 e. The Morgan fingerprint density at radius 2 is 1.30 bits per heavy atom. The number of nitrogens with zero attached hydrogens (tertiary/aromatic N) is 3. The standard InChI is InChI=1S/C21H23N3O4S2/c22-16-17-4-3-7-20(14-17)29(25,26)23-10-12-24(13-11-23)30(27,28)21-9-8-18-5-1-2-6-19(18)15-21/h3-4,7-9,14-15H,1-2,5-6,10-13H2. The Morgan fingerprint density at radius 3 is 1.90 bits per heavy atom. The third-order valence-electron chi connectivity index (χ3n) is 5.76. The molecular formula is C21H23N3O4S2. The monoisotopic (exact) mass is 445 g/mol. The van der Waals surface area contributed by atoms with Gasteiger partial charge in [0.2, 0.25) is 20.0 Å². The molecule has 0 unspecified atom stereocenters. The maximum absolute atomic E-state index is 13.1. The lowest BCUT2D eigenvalue weighted by molar-refractivity contribution is 0.273. The third-order valence-corrected chi connectivity index (χ3v) is 9.55. The molecule has 0 spiro atoms. The van der Waals surface area contributed by atoms with E-state index in [2.05, 4.69) is 0 Å². The van der Waals surface area contributed by atoms with E-state index in [9.17, 15) is 16.8 Å². The van der Waals surface area contributed by atoms with Crippen molar-refractivity contribution in [1.82, 2.24) is 8.61 Å². The Hall–Kier alpha value is -2.25. The normalized spacial score (nSPS) is 18.5. The maximum atomic E-state index is 13.1. The minimum absolute atomic E-state index is 0.0487. The minimum atomic E-state index is -3.78. The average molecular weight is 446 g/mol. The topological polar surface area (TPSA) is 98.5 Å². The molecule has 0 aromatic heterocycles. The van der Waals surface area contributed by atoms with Crippen molar-refractivity contribution in [1.29, 1.82) is 5.26 Å².